The van der Waals surface area contributed by atoms with Crippen molar-refractivity contribution in [2.24, 2.45) is 0 Å². The van der Waals surface area contributed by atoms with E-state index in [2.05, 4.69) is 15.0 Å². The molecule has 0 fully saturated rings. The van der Waals surface area contributed by atoms with E-state index in [1.165, 1.54) is 0 Å². The number of nitrogens with zero attached hydrogens (tertiary/aromatic N) is 3. The Labute approximate surface area is 124 Å². The maximum atomic E-state index is 5.82. The van der Waals surface area contributed by atoms with Crippen LogP contribution in [0.4, 0.5) is 0 Å². The molecule has 7 heteroatoms. The first-order valence-electron chi connectivity index (χ1n) is 4.92. The molecular formula is C11H7Cl4N3. The molecular weight excluding hydrogens is 316 g/mol. The normalized spacial score (nSPS) is 11.6. The van der Waals surface area contributed by atoms with Crippen molar-refractivity contribution in [2.75, 3.05) is 0 Å². The molecule has 0 atom stereocenters. The number of aromatic nitrogens is 3. The monoisotopic (exact) mass is 321 g/mol. The van der Waals surface area contributed by atoms with Gasteiger partial charge >= 0.3 is 0 Å². The fraction of sp³-hybridized carbons (Fsp3) is 0.182. The summed E-state index contributed by atoms with van der Waals surface area (Å²) in [6.45, 7) is 1.71. The van der Waals surface area contributed by atoms with E-state index in [9.17, 15) is 0 Å². The number of hydrogen-bond acceptors (Lipinski definition) is 3. The highest BCUT2D eigenvalue weighted by atomic mass is 35.6. The van der Waals surface area contributed by atoms with Gasteiger partial charge in [0.25, 0.3) is 0 Å². The van der Waals surface area contributed by atoms with Crippen LogP contribution in [-0.2, 0) is 3.79 Å². The molecule has 0 aliphatic rings. The highest BCUT2D eigenvalue weighted by Crippen LogP contribution is 2.36. The molecule has 0 saturated heterocycles. The van der Waals surface area contributed by atoms with Crippen molar-refractivity contribution < 1.29 is 0 Å². The van der Waals surface area contributed by atoms with Gasteiger partial charge in [-0.05, 0) is 31.2 Å². The second-order valence-electron chi connectivity index (χ2n) is 3.53. The summed E-state index contributed by atoms with van der Waals surface area (Å²) in [5, 5.41) is 0.631. The standard InChI is InChI=1S/C11H7Cl4N3/c1-6-16-9(7-2-4-8(12)5-3-7)18-10(17-6)11(13,14)15/h2-5H,1H3. The first-order chi connectivity index (χ1) is 8.36. The van der Waals surface area contributed by atoms with Crippen LogP contribution in [0, 0.1) is 6.92 Å². The molecule has 0 bridgehead atoms. The summed E-state index contributed by atoms with van der Waals surface area (Å²) in [5.74, 6) is 1.03. The number of hydrogen-bond donors (Lipinski definition) is 0. The Morgan fingerprint density at radius 2 is 1.56 bits per heavy atom. The van der Waals surface area contributed by atoms with Gasteiger partial charge in [-0.1, -0.05) is 46.4 Å². The van der Waals surface area contributed by atoms with E-state index in [0.717, 1.165) is 5.56 Å². The lowest BCUT2D eigenvalue weighted by Gasteiger charge is -2.11. The molecule has 94 valence electrons. The van der Waals surface area contributed by atoms with Crippen molar-refractivity contribution in [3.05, 3.63) is 40.9 Å². The van der Waals surface area contributed by atoms with Gasteiger partial charge in [0.1, 0.15) is 5.82 Å². The second-order valence-corrected chi connectivity index (χ2v) is 6.25. The van der Waals surface area contributed by atoms with Crippen molar-refractivity contribution in [1.29, 1.82) is 0 Å². The second kappa shape index (κ2) is 5.17. The zero-order valence-corrected chi connectivity index (χ0v) is 12.2. The molecule has 0 amide bonds. The van der Waals surface area contributed by atoms with Crippen LogP contribution in [0.2, 0.25) is 5.02 Å². The topological polar surface area (TPSA) is 38.7 Å². The number of benzene rings is 1. The van der Waals surface area contributed by atoms with Gasteiger partial charge in [-0.15, -0.1) is 0 Å². The van der Waals surface area contributed by atoms with Crippen molar-refractivity contribution >= 4 is 46.4 Å². The van der Waals surface area contributed by atoms with Gasteiger partial charge in [-0.25, -0.2) is 15.0 Å². The van der Waals surface area contributed by atoms with Crippen LogP contribution in [0.5, 0.6) is 0 Å². The largest absolute Gasteiger partial charge is 0.250 e. The van der Waals surface area contributed by atoms with Gasteiger partial charge in [0.05, 0.1) is 0 Å². The van der Waals surface area contributed by atoms with Crippen LogP contribution in [0.25, 0.3) is 11.4 Å². The van der Waals surface area contributed by atoms with Gasteiger partial charge in [0, 0.05) is 10.6 Å². The summed E-state index contributed by atoms with van der Waals surface area (Å²) in [4.78, 5) is 12.4. The smallest absolute Gasteiger partial charge is 0.214 e. The number of rotatable bonds is 1. The maximum absolute atomic E-state index is 5.82. The van der Waals surface area contributed by atoms with E-state index < -0.39 is 3.79 Å². The SMILES string of the molecule is Cc1nc(-c2ccc(Cl)cc2)nc(C(Cl)(Cl)Cl)n1. The lowest BCUT2D eigenvalue weighted by atomic mass is 10.2. The summed E-state index contributed by atoms with van der Waals surface area (Å²) < 4.78 is -1.67. The minimum atomic E-state index is -1.67. The summed E-state index contributed by atoms with van der Waals surface area (Å²) in [5.41, 5.74) is 0.778. The number of alkyl halides is 3. The van der Waals surface area contributed by atoms with Crippen LogP contribution in [0.1, 0.15) is 11.6 Å². The average molecular weight is 323 g/mol. The van der Waals surface area contributed by atoms with Crippen molar-refractivity contribution in [2.45, 2.75) is 10.7 Å². The van der Waals surface area contributed by atoms with E-state index in [1.54, 1.807) is 31.2 Å². The minimum absolute atomic E-state index is 0.102. The average Bonchev–Trinajstić information content (AvgIpc) is 2.28. The zero-order valence-electron chi connectivity index (χ0n) is 9.16. The first kappa shape index (κ1) is 13.8. The molecule has 0 saturated carbocycles. The molecule has 0 N–H and O–H groups in total. The van der Waals surface area contributed by atoms with Gasteiger partial charge < -0.3 is 0 Å². The fourth-order valence-electron chi connectivity index (χ4n) is 1.34. The summed E-state index contributed by atoms with van der Waals surface area (Å²) in [6, 6.07) is 7.06. The summed E-state index contributed by atoms with van der Waals surface area (Å²) >= 11 is 23.1. The number of aryl methyl sites for hydroxylation is 1. The fourth-order valence-corrected chi connectivity index (χ4v) is 1.72. The van der Waals surface area contributed by atoms with Crippen molar-refractivity contribution in [1.82, 2.24) is 15.0 Å². The van der Waals surface area contributed by atoms with Gasteiger partial charge in [-0.2, -0.15) is 0 Å². The lowest BCUT2D eigenvalue weighted by Crippen LogP contribution is -2.10. The molecule has 0 spiro atoms. The van der Waals surface area contributed by atoms with Crippen molar-refractivity contribution in [3.63, 3.8) is 0 Å². The molecule has 1 aromatic carbocycles. The molecule has 0 unspecified atom stereocenters. The molecule has 0 aliphatic carbocycles. The Balaban J connectivity index is 2.52. The minimum Gasteiger partial charge on any atom is -0.214 e. The van der Waals surface area contributed by atoms with E-state index in [0.29, 0.717) is 16.7 Å². The molecule has 2 aromatic rings. The highest BCUT2D eigenvalue weighted by Gasteiger charge is 2.27. The molecule has 0 radical (unpaired) electrons. The molecule has 1 aromatic heterocycles. The van der Waals surface area contributed by atoms with Gasteiger partial charge in [-0.3, -0.25) is 0 Å². The third kappa shape index (κ3) is 3.23. The zero-order chi connectivity index (χ0) is 13.3. The highest BCUT2D eigenvalue weighted by molar-refractivity contribution is 6.66. The van der Waals surface area contributed by atoms with E-state index in [-0.39, 0.29) is 5.82 Å². The molecule has 18 heavy (non-hydrogen) atoms. The predicted molar refractivity (Wildman–Crippen MR) is 74.2 cm³/mol. The third-order valence-electron chi connectivity index (χ3n) is 2.10. The Kier molecular flexibility index (Phi) is 3.97. The van der Waals surface area contributed by atoms with Gasteiger partial charge in [0.2, 0.25) is 3.79 Å². The van der Waals surface area contributed by atoms with E-state index >= 15 is 0 Å². The molecule has 3 nitrogen and oxygen atoms in total. The third-order valence-corrected chi connectivity index (χ3v) is 2.86. The Morgan fingerprint density at radius 1 is 0.944 bits per heavy atom. The maximum Gasteiger partial charge on any atom is 0.250 e. The van der Waals surface area contributed by atoms with Crippen LogP contribution in [-0.4, -0.2) is 15.0 Å². The van der Waals surface area contributed by atoms with Crippen LogP contribution in [0.3, 0.4) is 0 Å². The Morgan fingerprint density at radius 3 is 2.11 bits per heavy atom. The first-order valence-corrected chi connectivity index (χ1v) is 6.43. The Hall–Kier alpha value is -0.610. The summed E-state index contributed by atoms with van der Waals surface area (Å²) in [7, 11) is 0. The van der Waals surface area contributed by atoms with Crippen LogP contribution in [0.15, 0.2) is 24.3 Å². The molecule has 2 rings (SSSR count). The van der Waals surface area contributed by atoms with E-state index in [1.807, 2.05) is 0 Å². The van der Waals surface area contributed by atoms with Crippen molar-refractivity contribution in [3.8, 4) is 11.4 Å². The quantitative estimate of drug-likeness (QED) is 0.734. The number of halogens is 4. The Bertz CT molecular complexity index is 563. The van der Waals surface area contributed by atoms with Gasteiger partial charge in [0.15, 0.2) is 11.6 Å². The molecule has 0 aliphatic heterocycles. The van der Waals surface area contributed by atoms with E-state index in [4.69, 9.17) is 46.4 Å². The van der Waals surface area contributed by atoms with Crippen LogP contribution < -0.4 is 0 Å². The summed E-state index contributed by atoms with van der Waals surface area (Å²) in [6.07, 6.45) is 0. The van der Waals surface area contributed by atoms with Crippen LogP contribution >= 0.6 is 46.4 Å². The lowest BCUT2D eigenvalue weighted by molar-refractivity contribution is 0.884. The molecule has 1 heterocycles. The predicted octanol–water partition coefficient (Wildman–Crippen LogP) is 4.33.